The predicted octanol–water partition coefficient (Wildman–Crippen LogP) is 2.27. The van der Waals surface area contributed by atoms with Crippen molar-refractivity contribution < 1.29 is 9.00 Å². The van der Waals surface area contributed by atoms with Gasteiger partial charge in [0.2, 0.25) is 0 Å². The maximum atomic E-state index is 12.3. The van der Waals surface area contributed by atoms with Crippen LogP contribution in [-0.4, -0.2) is 28.6 Å². The third kappa shape index (κ3) is 2.52. The van der Waals surface area contributed by atoms with E-state index in [0.29, 0.717) is 18.3 Å². The van der Waals surface area contributed by atoms with Crippen LogP contribution in [0.1, 0.15) is 25.7 Å². The van der Waals surface area contributed by atoms with Crippen LogP contribution < -0.4 is 10.2 Å². The van der Waals surface area contributed by atoms with Gasteiger partial charge < -0.3 is 5.32 Å². The zero-order chi connectivity index (χ0) is 13.2. The molecule has 0 radical (unpaired) electrons. The van der Waals surface area contributed by atoms with Gasteiger partial charge in [-0.05, 0) is 25.0 Å². The molecule has 0 bridgehead atoms. The molecule has 3 rings (SSSR count). The lowest BCUT2D eigenvalue weighted by molar-refractivity contribution is 0.243. The molecule has 1 unspecified atom stereocenters. The first-order valence-electron chi connectivity index (χ1n) is 6.81. The molecule has 0 saturated heterocycles. The Hall–Kier alpha value is -1.36. The standard InChI is InChI=1S/C14H18N2O2S/c17-14(15-11-5-1-2-6-11)16-9-10-19(18)13-8-4-3-7-12(13)16/h3-4,7-8,11H,1-2,5-6,9-10H2,(H,15,17). The molecule has 1 aliphatic heterocycles. The third-order valence-corrected chi connectivity index (χ3v) is 5.22. The summed E-state index contributed by atoms with van der Waals surface area (Å²) in [7, 11) is -0.978. The number of carbonyl (C=O) groups excluding carboxylic acids is 1. The minimum atomic E-state index is -0.978. The zero-order valence-electron chi connectivity index (χ0n) is 10.8. The number of hydrogen-bond acceptors (Lipinski definition) is 2. The lowest BCUT2D eigenvalue weighted by Crippen LogP contribution is -2.47. The molecular formula is C14H18N2O2S. The van der Waals surface area contributed by atoms with Gasteiger partial charge in [-0.3, -0.25) is 9.11 Å². The number of nitrogens with one attached hydrogen (secondary N) is 1. The highest BCUT2D eigenvalue weighted by Crippen LogP contribution is 2.28. The Morgan fingerprint density at radius 2 is 2.00 bits per heavy atom. The van der Waals surface area contributed by atoms with E-state index in [9.17, 15) is 9.00 Å². The molecule has 1 aliphatic carbocycles. The SMILES string of the molecule is O=C(NC1CCCC1)N1CCS(=O)c2ccccc21. The van der Waals surface area contributed by atoms with Gasteiger partial charge in [-0.2, -0.15) is 0 Å². The fourth-order valence-corrected chi connectivity index (χ4v) is 4.02. The first kappa shape index (κ1) is 12.7. The largest absolute Gasteiger partial charge is 0.335 e. The molecular weight excluding hydrogens is 260 g/mol. The Kier molecular flexibility index (Phi) is 3.55. The van der Waals surface area contributed by atoms with Gasteiger partial charge in [0, 0.05) is 18.3 Å². The summed E-state index contributed by atoms with van der Waals surface area (Å²) in [5, 5.41) is 3.09. The molecule has 1 N–H and O–H groups in total. The quantitative estimate of drug-likeness (QED) is 0.856. The van der Waals surface area contributed by atoms with Crippen LogP contribution in [0.2, 0.25) is 0 Å². The number of nitrogens with zero attached hydrogens (tertiary/aromatic N) is 1. The predicted molar refractivity (Wildman–Crippen MR) is 75.9 cm³/mol. The maximum absolute atomic E-state index is 12.3. The lowest BCUT2D eigenvalue weighted by Gasteiger charge is -2.30. The fraction of sp³-hybridized carbons (Fsp3) is 0.500. The van der Waals surface area contributed by atoms with Gasteiger partial charge in [-0.25, -0.2) is 4.79 Å². The number of rotatable bonds is 1. The molecule has 2 amide bonds. The number of benzene rings is 1. The maximum Gasteiger partial charge on any atom is 0.322 e. The van der Waals surface area contributed by atoms with Gasteiger partial charge in [0.05, 0.1) is 21.4 Å². The summed E-state index contributed by atoms with van der Waals surface area (Å²) in [6.07, 6.45) is 4.55. The molecule has 1 atom stereocenters. The molecule has 1 aromatic carbocycles. The van der Waals surface area contributed by atoms with Crippen molar-refractivity contribution in [3.05, 3.63) is 24.3 Å². The second-order valence-electron chi connectivity index (χ2n) is 5.10. The molecule has 0 spiro atoms. The van der Waals surface area contributed by atoms with Gasteiger partial charge in [-0.15, -0.1) is 0 Å². The Morgan fingerprint density at radius 3 is 2.79 bits per heavy atom. The zero-order valence-corrected chi connectivity index (χ0v) is 11.6. The van der Waals surface area contributed by atoms with Crippen molar-refractivity contribution in [2.75, 3.05) is 17.2 Å². The molecule has 19 heavy (non-hydrogen) atoms. The summed E-state index contributed by atoms with van der Waals surface area (Å²) in [4.78, 5) is 14.8. The smallest absolute Gasteiger partial charge is 0.322 e. The Bertz CT molecular complexity index is 512. The van der Waals surface area contributed by atoms with E-state index in [0.717, 1.165) is 23.4 Å². The number of fused-ring (bicyclic) bond motifs is 1. The highest BCUT2D eigenvalue weighted by atomic mass is 32.2. The fourth-order valence-electron chi connectivity index (χ4n) is 2.81. The minimum absolute atomic E-state index is 0.0453. The van der Waals surface area contributed by atoms with Crippen LogP contribution in [0, 0.1) is 0 Å². The second kappa shape index (κ2) is 5.33. The van der Waals surface area contributed by atoms with Crippen molar-refractivity contribution in [3.8, 4) is 0 Å². The van der Waals surface area contributed by atoms with Crippen molar-refractivity contribution in [3.63, 3.8) is 0 Å². The van der Waals surface area contributed by atoms with Crippen LogP contribution in [-0.2, 0) is 10.8 Å². The van der Waals surface area contributed by atoms with E-state index in [-0.39, 0.29) is 6.03 Å². The van der Waals surface area contributed by atoms with Crippen molar-refractivity contribution >= 4 is 22.5 Å². The van der Waals surface area contributed by atoms with Gasteiger partial charge >= 0.3 is 6.03 Å². The minimum Gasteiger partial charge on any atom is -0.335 e. The Labute approximate surface area is 115 Å². The van der Waals surface area contributed by atoms with Crippen LogP contribution in [0.25, 0.3) is 0 Å². The van der Waals surface area contributed by atoms with E-state index in [1.807, 2.05) is 24.3 Å². The first-order chi connectivity index (χ1) is 9.25. The number of amides is 2. The average molecular weight is 278 g/mol. The number of carbonyl (C=O) groups is 1. The Morgan fingerprint density at radius 1 is 1.26 bits per heavy atom. The van der Waals surface area contributed by atoms with Gasteiger partial charge in [0.1, 0.15) is 0 Å². The summed E-state index contributed by atoms with van der Waals surface area (Å²) < 4.78 is 12.0. The molecule has 5 heteroatoms. The molecule has 0 aromatic heterocycles. The average Bonchev–Trinajstić information content (AvgIpc) is 2.92. The van der Waals surface area contributed by atoms with Crippen LogP contribution in [0.15, 0.2) is 29.2 Å². The van der Waals surface area contributed by atoms with Crippen molar-refractivity contribution in [1.82, 2.24) is 5.32 Å². The van der Waals surface area contributed by atoms with E-state index in [4.69, 9.17) is 0 Å². The van der Waals surface area contributed by atoms with Gasteiger partial charge in [0.15, 0.2) is 0 Å². The normalized spacial score (nSPS) is 23.2. The van der Waals surface area contributed by atoms with Crippen LogP contribution in [0.5, 0.6) is 0 Å². The highest BCUT2D eigenvalue weighted by molar-refractivity contribution is 7.85. The highest BCUT2D eigenvalue weighted by Gasteiger charge is 2.28. The van der Waals surface area contributed by atoms with Crippen molar-refractivity contribution in [1.29, 1.82) is 0 Å². The van der Waals surface area contributed by atoms with E-state index < -0.39 is 10.8 Å². The number of urea groups is 1. The summed E-state index contributed by atoms with van der Waals surface area (Å²) in [5.41, 5.74) is 0.794. The van der Waals surface area contributed by atoms with E-state index >= 15 is 0 Å². The molecule has 1 heterocycles. The summed E-state index contributed by atoms with van der Waals surface area (Å²) in [5.74, 6) is 0.523. The van der Waals surface area contributed by atoms with Crippen molar-refractivity contribution in [2.24, 2.45) is 0 Å². The van der Waals surface area contributed by atoms with Crippen LogP contribution in [0.3, 0.4) is 0 Å². The van der Waals surface area contributed by atoms with Gasteiger partial charge in [-0.1, -0.05) is 25.0 Å². The number of anilines is 1. The number of hydrogen-bond donors (Lipinski definition) is 1. The van der Waals surface area contributed by atoms with Gasteiger partial charge in [0.25, 0.3) is 0 Å². The van der Waals surface area contributed by atoms with E-state index in [1.54, 1.807) is 4.90 Å². The molecule has 1 fully saturated rings. The second-order valence-corrected chi connectivity index (χ2v) is 6.64. The van der Waals surface area contributed by atoms with Crippen molar-refractivity contribution in [2.45, 2.75) is 36.6 Å². The monoisotopic (exact) mass is 278 g/mol. The summed E-state index contributed by atoms with van der Waals surface area (Å²) in [6, 6.07) is 7.75. The third-order valence-electron chi connectivity index (χ3n) is 3.83. The topological polar surface area (TPSA) is 49.4 Å². The lowest BCUT2D eigenvalue weighted by atomic mass is 10.2. The molecule has 1 saturated carbocycles. The molecule has 2 aliphatic rings. The van der Waals surface area contributed by atoms with E-state index in [2.05, 4.69) is 5.32 Å². The molecule has 1 aromatic rings. The van der Waals surface area contributed by atoms with E-state index in [1.165, 1.54) is 12.8 Å². The molecule has 102 valence electrons. The summed E-state index contributed by atoms with van der Waals surface area (Å²) in [6.45, 7) is 0.530. The van der Waals surface area contributed by atoms with Crippen LogP contribution in [0.4, 0.5) is 10.5 Å². The summed E-state index contributed by atoms with van der Waals surface area (Å²) >= 11 is 0. The number of para-hydroxylation sites is 1. The Balaban J connectivity index is 1.79. The van der Waals surface area contributed by atoms with Crippen LogP contribution >= 0.6 is 0 Å². The first-order valence-corrected chi connectivity index (χ1v) is 8.13. The molecule has 4 nitrogen and oxygen atoms in total.